The van der Waals surface area contributed by atoms with Crippen LogP contribution in [0.2, 0.25) is 0 Å². The first-order chi connectivity index (χ1) is 19.8. The van der Waals surface area contributed by atoms with E-state index in [1.54, 1.807) is 6.07 Å². The Labute approximate surface area is 237 Å². The maximum Gasteiger partial charge on any atom is 0.280 e. The molecule has 1 saturated heterocycles. The highest BCUT2D eigenvalue weighted by Crippen LogP contribution is 2.34. The number of benzene rings is 2. The predicted octanol–water partition coefficient (Wildman–Crippen LogP) is 3.96. The minimum absolute atomic E-state index is 0.0526. The summed E-state index contributed by atoms with van der Waals surface area (Å²) in [5.41, 5.74) is 1.65. The maximum absolute atomic E-state index is 15.1. The highest BCUT2D eigenvalue weighted by molar-refractivity contribution is 5.95. The molecule has 2 amide bonds. The fourth-order valence-corrected chi connectivity index (χ4v) is 5.56. The Morgan fingerprint density at radius 1 is 1.10 bits per heavy atom. The Morgan fingerprint density at radius 3 is 2.49 bits per heavy atom. The number of aromatic amines is 1. The summed E-state index contributed by atoms with van der Waals surface area (Å²) in [7, 11) is 0. The van der Waals surface area contributed by atoms with Crippen molar-refractivity contribution in [3.8, 4) is 5.75 Å². The summed E-state index contributed by atoms with van der Waals surface area (Å²) in [6.45, 7) is 7.84. The summed E-state index contributed by atoms with van der Waals surface area (Å²) >= 11 is 0. The lowest BCUT2D eigenvalue weighted by Crippen LogP contribution is -2.38. The number of carbonyl (C=O) groups is 2. The second kappa shape index (κ2) is 12.9. The molecule has 2 fully saturated rings. The number of nitrogens with zero attached hydrogens (tertiary/aromatic N) is 3. The highest BCUT2D eigenvalue weighted by atomic mass is 19.1. The fraction of sp³-hybridized carbons (Fsp3) is 0.500. The number of rotatable bonds is 8. The topological polar surface area (TPSA) is 101 Å². The molecule has 1 saturated carbocycles. The van der Waals surface area contributed by atoms with Gasteiger partial charge in [0.25, 0.3) is 5.91 Å². The van der Waals surface area contributed by atoms with Gasteiger partial charge in [0.1, 0.15) is 12.4 Å². The predicted molar refractivity (Wildman–Crippen MR) is 150 cm³/mol. The minimum Gasteiger partial charge on any atom is -0.489 e. The van der Waals surface area contributed by atoms with Crippen LogP contribution in [-0.2, 0) is 9.53 Å². The Bertz CT molecular complexity index is 1440. The van der Waals surface area contributed by atoms with Crippen LogP contribution in [0.4, 0.5) is 8.78 Å². The van der Waals surface area contributed by atoms with Crippen LogP contribution in [0.3, 0.4) is 0 Å². The van der Waals surface area contributed by atoms with Crippen molar-refractivity contribution in [2.75, 3.05) is 39.5 Å². The van der Waals surface area contributed by atoms with Crippen LogP contribution in [0.5, 0.6) is 5.75 Å². The molecule has 41 heavy (non-hydrogen) atoms. The molecule has 11 heteroatoms. The first-order valence-electron chi connectivity index (χ1n) is 14.3. The molecule has 0 unspecified atom stereocenters. The number of amides is 2. The summed E-state index contributed by atoms with van der Waals surface area (Å²) in [6.07, 6.45) is 2.73. The van der Waals surface area contributed by atoms with E-state index < -0.39 is 17.5 Å². The fourth-order valence-electron chi connectivity index (χ4n) is 5.56. The molecule has 3 aromatic rings. The van der Waals surface area contributed by atoms with Gasteiger partial charge in [-0.3, -0.25) is 14.5 Å². The van der Waals surface area contributed by atoms with E-state index in [9.17, 15) is 14.0 Å². The van der Waals surface area contributed by atoms with Crippen LogP contribution in [0.15, 0.2) is 41.4 Å². The third-order valence-corrected chi connectivity index (χ3v) is 7.72. The molecule has 9 nitrogen and oxygen atoms in total. The average Bonchev–Trinajstić information content (AvgIpc) is 3.29. The van der Waals surface area contributed by atoms with Crippen LogP contribution in [0.1, 0.15) is 55.9 Å². The van der Waals surface area contributed by atoms with Gasteiger partial charge in [-0.15, -0.1) is 0 Å². The number of hydrogen-bond acceptors (Lipinski definition) is 5. The monoisotopic (exact) mass is 569 g/mol. The van der Waals surface area contributed by atoms with Crippen LogP contribution in [0.25, 0.3) is 11.0 Å². The number of fused-ring (bicyclic) bond motifs is 1. The van der Waals surface area contributed by atoms with Gasteiger partial charge in [0.15, 0.2) is 11.6 Å². The van der Waals surface area contributed by atoms with E-state index >= 15 is 4.39 Å². The van der Waals surface area contributed by atoms with Crippen LogP contribution < -0.4 is 15.7 Å². The molecule has 0 atom stereocenters. The van der Waals surface area contributed by atoms with Crippen molar-refractivity contribution in [2.24, 2.45) is 10.9 Å². The summed E-state index contributed by atoms with van der Waals surface area (Å²) in [5, 5.41) is 3.00. The van der Waals surface area contributed by atoms with Gasteiger partial charge in [-0.25, -0.2) is 8.78 Å². The second-order valence-corrected chi connectivity index (χ2v) is 11.0. The average molecular weight is 570 g/mol. The van der Waals surface area contributed by atoms with Crippen LogP contribution >= 0.6 is 0 Å². The molecule has 0 bridgehead atoms. The van der Waals surface area contributed by atoms with Gasteiger partial charge in [-0.1, -0.05) is 0 Å². The van der Waals surface area contributed by atoms with Gasteiger partial charge in [-0.2, -0.15) is 4.99 Å². The Kier molecular flexibility index (Phi) is 9.14. The number of halogens is 2. The molecule has 2 N–H and O–H groups in total. The molecule has 1 aliphatic heterocycles. The Morgan fingerprint density at radius 2 is 1.80 bits per heavy atom. The van der Waals surface area contributed by atoms with Gasteiger partial charge in [0.05, 0.1) is 24.2 Å². The Hall–Kier alpha value is -3.57. The van der Waals surface area contributed by atoms with E-state index in [-0.39, 0.29) is 40.8 Å². The molecule has 5 rings (SSSR count). The molecule has 2 aliphatic rings. The van der Waals surface area contributed by atoms with Crippen molar-refractivity contribution in [3.05, 3.63) is 59.2 Å². The van der Waals surface area contributed by atoms with Gasteiger partial charge >= 0.3 is 0 Å². The van der Waals surface area contributed by atoms with Crippen molar-refractivity contribution in [2.45, 2.75) is 51.6 Å². The number of hydrogen-bond donors (Lipinski definition) is 2. The number of aromatic nitrogens is 2. The molecule has 0 radical (unpaired) electrons. The van der Waals surface area contributed by atoms with Gasteiger partial charge in [-0.05, 0) is 63.8 Å². The molecule has 1 aromatic heterocycles. The van der Waals surface area contributed by atoms with Gasteiger partial charge in [0, 0.05) is 55.3 Å². The molecular weight excluding hydrogens is 532 g/mol. The lowest BCUT2D eigenvalue weighted by molar-refractivity contribution is -0.126. The zero-order valence-electron chi connectivity index (χ0n) is 23.5. The third-order valence-electron chi connectivity index (χ3n) is 7.72. The van der Waals surface area contributed by atoms with Gasteiger partial charge in [0.2, 0.25) is 11.5 Å². The molecular formula is C30H37F2N5O4. The lowest BCUT2D eigenvalue weighted by atomic mass is 9.85. The molecule has 2 aromatic carbocycles. The van der Waals surface area contributed by atoms with E-state index in [0.717, 1.165) is 13.1 Å². The second-order valence-electron chi connectivity index (χ2n) is 11.0. The first kappa shape index (κ1) is 28.9. The van der Waals surface area contributed by atoms with E-state index in [1.807, 2.05) is 18.4 Å². The summed E-state index contributed by atoms with van der Waals surface area (Å²) in [5.74, 6) is -1.41. The van der Waals surface area contributed by atoms with Crippen molar-refractivity contribution in [3.63, 3.8) is 0 Å². The van der Waals surface area contributed by atoms with Crippen LogP contribution in [0, 0.1) is 17.6 Å². The lowest BCUT2D eigenvalue weighted by Gasteiger charge is -2.29. The standard InChI is InChI=1S/C30H37F2N5O4/c1-19(2)33-28(38)21-5-9-23(10-6-21)37-26-18-27(41-16-13-36-11-14-40-15-12-36)24(32)17-25(26)34-30(37)35-29(39)20-3-7-22(31)8-4-20/h3-4,7-8,17-19,21,23H,5-6,9-16H2,1-2H3,(H,33,38)(H,34,35,39). The molecule has 2 heterocycles. The SMILES string of the molecule is CC(C)NC(=O)C1CCC(n2/c(=N\C(=O)c3ccc(F)cc3)[nH]c3cc(F)c(OCCN4CCOCC4)cc32)CC1. The summed E-state index contributed by atoms with van der Waals surface area (Å²) in [6, 6.07) is 8.20. The first-order valence-corrected chi connectivity index (χ1v) is 14.3. The van der Waals surface area contributed by atoms with E-state index in [1.165, 1.54) is 30.3 Å². The number of nitrogens with one attached hydrogen (secondary N) is 2. The molecule has 1 aliphatic carbocycles. The molecule has 0 spiro atoms. The zero-order valence-corrected chi connectivity index (χ0v) is 23.5. The van der Waals surface area contributed by atoms with E-state index in [2.05, 4.69) is 20.2 Å². The number of H-pyrrole nitrogens is 1. The minimum atomic E-state index is -0.544. The number of ether oxygens (including phenoxy) is 2. The smallest absolute Gasteiger partial charge is 0.280 e. The quantitative estimate of drug-likeness (QED) is 0.428. The van der Waals surface area contributed by atoms with Crippen molar-refractivity contribution in [1.82, 2.24) is 19.8 Å². The number of morpholine rings is 1. The van der Waals surface area contributed by atoms with Gasteiger partial charge < -0.3 is 24.3 Å². The summed E-state index contributed by atoms with van der Waals surface area (Å²) in [4.78, 5) is 35.3. The third kappa shape index (κ3) is 7.02. The van der Waals surface area contributed by atoms with E-state index in [4.69, 9.17) is 9.47 Å². The Balaban J connectivity index is 1.45. The zero-order chi connectivity index (χ0) is 28.9. The molecule has 220 valence electrons. The van der Waals surface area contributed by atoms with Crippen molar-refractivity contribution >= 4 is 22.8 Å². The number of carbonyl (C=O) groups excluding carboxylic acids is 2. The van der Waals surface area contributed by atoms with Crippen molar-refractivity contribution in [1.29, 1.82) is 0 Å². The largest absolute Gasteiger partial charge is 0.489 e. The normalized spacial score (nSPS) is 20.5. The number of imidazole rings is 1. The van der Waals surface area contributed by atoms with Crippen LogP contribution in [-0.4, -0.2) is 71.8 Å². The van der Waals surface area contributed by atoms with E-state index in [0.29, 0.717) is 63.1 Å². The maximum atomic E-state index is 15.1. The van der Waals surface area contributed by atoms with Crippen molar-refractivity contribution < 1.29 is 27.8 Å². The summed E-state index contributed by atoms with van der Waals surface area (Å²) < 4.78 is 41.7. The highest BCUT2D eigenvalue weighted by Gasteiger charge is 2.29.